The van der Waals surface area contributed by atoms with E-state index in [1.54, 1.807) is 17.0 Å². The van der Waals surface area contributed by atoms with Gasteiger partial charge in [0, 0.05) is 13.0 Å². The number of carboxylic acid groups (broad SMARTS) is 1. The summed E-state index contributed by atoms with van der Waals surface area (Å²) in [6.45, 7) is 0.788. The smallest absolute Gasteiger partial charge is 0.310 e. The van der Waals surface area contributed by atoms with Gasteiger partial charge in [0.15, 0.2) is 0 Å². The molecule has 7 heteroatoms. The van der Waals surface area contributed by atoms with Crippen molar-refractivity contribution in [3.63, 3.8) is 0 Å². The number of amides is 2. The summed E-state index contributed by atoms with van der Waals surface area (Å²) in [6.07, 6.45) is 4.81. The van der Waals surface area contributed by atoms with Gasteiger partial charge in [0.25, 0.3) is 0 Å². The highest BCUT2D eigenvalue weighted by Crippen LogP contribution is 2.45. The fourth-order valence-electron chi connectivity index (χ4n) is 3.50. The standard InChI is InChI=1S/C17H22N2O5/c20-14(10-17(16(22)23)6-3-7-17)19-8-1-5-13(19)15(21)18-11-12-4-2-9-24-12/h2,4,9,13H,1,3,5-8,10-11H2,(H,18,21)(H,22,23). The third-order valence-electron chi connectivity index (χ3n) is 5.15. The van der Waals surface area contributed by atoms with Gasteiger partial charge in [0.1, 0.15) is 11.8 Å². The number of carboxylic acids is 1. The van der Waals surface area contributed by atoms with E-state index in [9.17, 15) is 19.5 Å². The van der Waals surface area contributed by atoms with Crippen LogP contribution < -0.4 is 5.32 Å². The van der Waals surface area contributed by atoms with Crippen molar-refractivity contribution in [2.24, 2.45) is 5.41 Å². The Hall–Kier alpha value is -2.31. The summed E-state index contributed by atoms with van der Waals surface area (Å²) in [6, 6.07) is 3.00. The highest BCUT2D eigenvalue weighted by molar-refractivity contribution is 5.90. The van der Waals surface area contributed by atoms with Gasteiger partial charge in [-0.1, -0.05) is 6.42 Å². The molecule has 2 amide bonds. The van der Waals surface area contributed by atoms with Crippen LogP contribution in [0, 0.1) is 5.41 Å². The van der Waals surface area contributed by atoms with Gasteiger partial charge in [-0.2, -0.15) is 0 Å². The lowest BCUT2D eigenvalue weighted by atomic mass is 9.66. The molecule has 0 aromatic carbocycles. The Kier molecular flexibility index (Phi) is 4.59. The van der Waals surface area contributed by atoms with Crippen molar-refractivity contribution in [1.29, 1.82) is 0 Å². The minimum atomic E-state index is -0.922. The molecule has 0 spiro atoms. The fraction of sp³-hybridized carbons (Fsp3) is 0.588. The number of carbonyl (C=O) groups is 3. The van der Waals surface area contributed by atoms with Gasteiger partial charge in [-0.15, -0.1) is 0 Å². The molecule has 2 fully saturated rings. The van der Waals surface area contributed by atoms with E-state index in [-0.39, 0.29) is 24.8 Å². The normalized spacial score (nSPS) is 22.0. The first-order valence-corrected chi connectivity index (χ1v) is 8.35. The van der Waals surface area contributed by atoms with Crippen LogP contribution in [0.5, 0.6) is 0 Å². The van der Waals surface area contributed by atoms with Gasteiger partial charge in [-0.3, -0.25) is 14.4 Å². The van der Waals surface area contributed by atoms with E-state index in [2.05, 4.69) is 5.32 Å². The molecule has 1 unspecified atom stereocenters. The lowest BCUT2D eigenvalue weighted by Crippen LogP contribution is -2.49. The quantitative estimate of drug-likeness (QED) is 0.822. The summed E-state index contributed by atoms with van der Waals surface area (Å²) in [5.74, 6) is -0.693. The van der Waals surface area contributed by atoms with E-state index in [0.717, 1.165) is 12.8 Å². The van der Waals surface area contributed by atoms with Crippen molar-refractivity contribution < 1.29 is 23.9 Å². The first-order chi connectivity index (χ1) is 11.5. The van der Waals surface area contributed by atoms with Crippen LogP contribution in [-0.4, -0.2) is 40.4 Å². The van der Waals surface area contributed by atoms with Crippen molar-refractivity contribution in [1.82, 2.24) is 10.2 Å². The maximum Gasteiger partial charge on any atom is 0.310 e. The molecular weight excluding hydrogens is 312 g/mol. The first-order valence-electron chi connectivity index (χ1n) is 8.35. The highest BCUT2D eigenvalue weighted by Gasteiger charge is 2.48. The number of likely N-dealkylation sites (tertiary alicyclic amines) is 1. The van der Waals surface area contributed by atoms with Crippen molar-refractivity contribution in [2.45, 2.75) is 51.1 Å². The Morgan fingerprint density at radius 2 is 2.12 bits per heavy atom. The zero-order chi connectivity index (χ0) is 17.2. The Morgan fingerprint density at radius 1 is 1.33 bits per heavy atom. The SMILES string of the molecule is O=C(NCc1ccco1)C1CCCN1C(=O)CC1(C(=O)O)CCC1. The molecule has 1 saturated carbocycles. The molecule has 3 rings (SSSR count). The summed E-state index contributed by atoms with van der Waals surface area (Å²) in [5, 5.41) is 12.2. The lowest BCUT2D eigenvalue weighted by Gasteiger charge is -2.38. The van der Waals surface area contributed by atoms with Crippen LogP contribution in [0.1, 0.15) is 44.3 Å². The second-order valence-corrected chi connectivity index (χ2v) is 6.66. The number of nitrogens with zero attached hydrogens (tertiary/aromatic N) is 1. The Balaban J connectivity index is 1.59. The number of hydrogen-bond donors (Lipinski definition) is 2. The molecule has 7 nitrogen and oxygen atoms in total. The average molecular weight is 334 g/mol. The minimum Gasteiger partial charge on any atom is -0.481 e. The summed E-state index contributed by atoms with van der Waals surface area (Å²) < 4.78 is 5.17. The van der Waals surface area contributed by atoms with Crippen molar-refractivity contribution >= 4 is 17.8 Å². The maximum absolute atomic E-state index is 12.6. The number of nitrogens with one attached hydrogen (secondary N) is 1. The van der Waals surface area contributed by atoms with Crippen molar-refractivity contribution in [3.05, 3.63) is 24.2 Å². The maximum atomic E-state index is 12.6. The van der Waals surface area contributed by atoms with E-state index in [4.69, 9.17) is 4.42 Å². The number of hydrogen-bond acceptors (Lipinski definition) is 4. The van der Waals surface area contributed by atoms with E-state index in [1.165, 1.54) is 6.26 Å². The Labute approximate surface area is 140 Å². The van der Waals surface area contributed by atoms with Gasteiger partial charge in [0.2, 0.25) is 11.8 Å². The van der Waals surface area contributed by atoms with Crippen LogP contribution >= 0.6 is 0 Å². The molecule has 1 aliphatic carbocycles. The third kappa shape index (κ3) is 3.16. The predicted molar refractivity (Wildman–Crippen MR) is 83.8 cm³/mol. The van der Waals surface area contributed by atoms with Crippen LogP contribution in [0.2, 0.25) is 0 Å². The molecule has 0 radical (unpaired) electrons. The topological polar surface area (TPSA) is 99.9 Å². The number of rotatable bonds is 6. The summed E-state index contributed by atoms with van der Waals surface area (Å²) in [5.41, 5.74) is -0.922. The van der Waals surface area contributed by atoms with E-state index < -0.39 is 17.4 Å². The van der Waals surface area contributed by atoms with Crippen LogP contribution in [0.25, 0.3) is 0 Å². The van der Waals surface area contributed by atoms with Crippen molar-refractivity contribution in [2.75, 3.05) is 6.54 Å². The number of aliphatic carboxylic acids is 1. The molecular formula is C17H22N2O5. The average Bonchev–Trinajstić information content (AvgIpc) is 3.18. The minimum absolute atomic E-state index is 0.00963. The monoisotopic (exact) mass is 334 g/mol. The Bertz CT molecular complexity index is 621. The predicted octanol–water partition coefficient (Wildman–Crippen LogP) is 1.53. The number of furan rings is 1. The van der Waals surface area contributed by atoms with E-state index in [1.807, 2.05) is 0 Å². The second-order valence-electron chi connectivity index (χ2n) is 6.66. The van der Waals surface area contributed by atoms with Crippen molar-refractivity contribution in [3.8, 4) is 0 Å². The summed E-state index contributed by atoms with van der Waals surface area (Å²) in [4.78, 5) is 37.9. The molecule has 24 heavy (non-hydrogen) atoms. The molecule has 2 N–H and O–H groups in total. The largest absolute Gasteiger partial charge is 0.481 e. The molecule has 1 aromatic rings. The fourth-order valence-corrected chi connectivity index (χ4v) is 3.50. The van der Waals surface area contributed by atoms with E-state index in [0.29, 0.717) is 31.6 Å². The van der Waals surface area contributed by atoms with Gasteiger partial charge < -0.3 is 19.7 Å². The van der Waals surface area contributed by atoms with Crippen LogP contribution in [0.15, 0.2) is 22.8 Å². The third-order valence-corrected chi connectivity index (χ3v) is 5.15. The molecule has 0 bridgehead atoms. The van der Waals surface area contributed by atoms with Crippen LogP contribution in [0.3, 0.4) is 0 Å². The molecule has 1 atom stereocenters. The van der Waals surface area contributed by atoms with E-state index >= 15 is 0 Å². The van der Waals surface area contributed by atoms with Crippen LogP contribution in [0.4, 0.5) is 0 Å². The lowest BCUT2D eigenvalue weighted by molar-refractivity contribution is -0.160. The molecule has 1 saturated heterocycles. The highest BCUT2D eigenvalue weighted by atomic mass is 16.4. The Morgan fingerprint density at radius 3 is 2.71 bits per heavy atom. The van der Waals surface area contributed by atoms with Crippen LogP contribution in [-0.2, 0) is 20.9 Å². The zero-order valence-electron chi connectivity index (χ0n) is 13.5. The number of carbonyl (C=O) groups excluding carboxylic acids is 2. The molecule has 1 aliphatic heterocycles. The first kappa shape index (κ1) is 16.5. The van der Waals surface area contributed by atoms with Gasteiger partial charge in [-0.05, 0) is 37.8 Å². The molecule has 2 aliphatic rings. The summed E-state index contributed by atoms with van der Waals surface area (Å²) >= 11 is 0. The second kappa shape index (κ2) is 6.67. The molecule has 130 valence electrons. The van der Waals surface area contributed by atoms with Gasteiger partial charge >= 0.3 is 5.97 Å². The zero-order valence-corrected chi connectivity index (χ0v) is 13.5. The summed E-state index contributed by atoms with van der Waals surface area (Å²) in [7, 11) is 0. The van der Waals surface area contributed by atoms with Gasteiger partial charge in [-0.25, -0.2) is 0 Å². The molecule has 2 heterocycles. The van der Waals surface area contributed by atoms with Gasteiger partial charge in [0.05, 0.1) is 18.2 Å². The molecule has 1 aromatic heterocycles.